The molecule has 1 unspecified atom stereocenters. The maximum atomic E-state index is 13.2. The van der Waals surface area contributed by atoms with Crippen molar-refractivity contribution in [2.75, 3.05) is 32.6 Å². The van der Waals surface area contributed by atoms with Crippen LogP contribution in [0, 0.1) is 20.8 Å². The number of morpholine rings is 1. The Bertz CT molecular complexity index is 1080. The summed E-state index contributed by atoms with van der Waals surface area (Å²) in [6.07, 6.45) is 1.88. The Kier molecular flexibility index (Phi) is 7.47. The van der Waals surface area contributed by atoms with Crippen LogP contribution >= 0.6 is 11.8 Å². The predicted octanol–water partition coefficient (Wildman–Crippen LogP) is 3.85. The molecule has 1 saturated heterocycles. The molecular weight excluding hydrogens is 432 g/mol. The molecule has 0 saturated carbocycles. The van der Waals surface area contributed by atoms with E-state index >= 15 is 0 Å². The molecule has 0 radical (unpaired) electrons. The average Bonchev–Trinajstić information content (AvgIpc) is 2.75. The normalized spacial score (nSPS) is 15.7. The fraction of sp³-hybridized carbons (Fsp3) is 0.435. The first-order valence-electron chi connectivity index (χ1n) is 10.3. The zero-order valence-electron chi connectivity index (χ0n) is 18.7. The number of ether oxygens (including phenoxy) is 1. The lowest BCUT2D eigenvalue weighted by atomic mass is 9.97. The van der Waals surface area contributed by atoms with Crippen LogP contribution in [0.3, 0.4) is 0 Å². The van der Waals surface area contributed by atoms with E-state index in [1.165, 1.54) is 23.4 Å². The van der Waals surface area contributed by atoms with E-state index in [9.17, 15) is 13.2 Å². The molecule has 2 aromatic rings. The molecular formula is C23H30N2O4S2. The third-order valence-electron chi connectivity index (χ3n) is 5.69. The highest BCUT2D eigenvalue weighted by Gasteiger charge is 2.25. The maximum absolute atomic E-state index is 13.2. The van der Waals surface area contributed by atoms with E-state index in [2.05, 4.69) is 10.8 Å². The van der Waals surface area contributed by atoms with Gasteiger partial charge in [0.05, 0.1) is 23.7 Å². The summed E-state index contributed by atoms with van der Waals surface area (Å²) in [5.41, 5.74) is 4.69. The lowest BCUT2D eigenvalue weighted by Gasteiger charge is -2.27. The standard InChI is InChI=1S/C23H30N2O4S2/c1-15-12-17(3)20(13-16(15)2)18(4)24-31(27,28)19-6-7-22(30-5)21(14-19)23(26)25-8-10-29-11-9-25/h6-7,12-14,18,24H,8-11H2,1-5H3. The molecule has 1 fully saturated rings. The van der Waals surface area contributed by atoms with Crippen LogP contribution in [-0.2, 0) is 14.8 Å². The van der Waals surface area contributed by atoms with Crippen molar-refractivity contribution >= 4 is 27.7 Å². The van der Waals surface area contributed by atoms with Crippen molar-refractivity contribution in [2.45, 2.75) is 43.5 Å². The first kappa shape index (κ1) is 23.8. The van der Waals surface area contributed by atoms with Crippen LogP contribution in [0.2, 0.25) is 0 Å². The van der Waals surface area contributed by atoms with Gasteiger partial charge >= 0.3 is 0 Å². The lowest BCUT2D eigenvalue weighted by molar-refractivity contribution is 0.0300. The summed E-state index contributed by atoms with van der Waals surface area (Å²) in [7, 11) is -3.81. The number of aryl methyl sites for hydroxylation is 3. The van der Waals surface area contributed by atoms with Crippen LogP contribution in [0.25, 0.3) is 0 Å². The molecule has 1 amide bonds. The molecule has 0 aromatic heterocycles. The van der Waals surface area contributed by atoms with Crippen LogP contribution in [0.1, 0.15) is 45.6 Å². The van der Waals surface area contributed by atoms with Crippen molar-refractivity contribution in [3.8, 4) is 0 Å². The van der Waals surface area contributed by atoms with Crippen LogP contribution in [-0.4, -0.2) is 51.8 Å². The first-order valence-corrected chi connectivity index (χ1v) is 13.0. The van der Waals surface area contributed by atoms with Crippen molar-refractivity contribution in [1.82, 2.24) is 9.62 Å². The largest absolute Gasteiger partial charge is 0.378 e. The molecule has 8 heteroatoms. The third-order valence-corrected chi connectivity index (χ3v) is 8.02. The summed E-state index contributed by atoms with van der Waals surface area (Å²) in [5.74, 6) is -0.164. The minimum atomic E-state index is -3.81. The minimum Gasteiger partial charge on any atom is -0.378 e. The molecule has 3 rings (SSSR count). The Morgan fingerprint density at radius 1 is 1.06 bits per heavy atom. The van der Waals surface area contributed by atoms with Crippen LogP contribution in [0.15, 0.2) is 40.1 Å². The molecule has 1 atom stereocenters. The van der Waals surface area contributed by atoms with Crippen molar-refractivity contribution in [3.05, 3.63) is 58.1 Å². The number of carbonyl (C=O) groups is 1. The molecule has 168 valence electrons. The van der Waals surface area contributed by atoms with Gasteiger partial charge in [-0.1, -0.05) is 12.1 Å². The summed E-state index contributed by atoms with van der Waals surface area (Å²) in [4.78, 5) is 15.6. The monoisotopic (exact) mass is 462 g/mol. The van der Waals surface area contributed by atoms with E-state index in [-0.39, 0.29) is 10.8 Å². The first-order chi connectivity index (χ1) is 14.6. The molecule has 1 aliphatic heterocycles. The van der Waals surface area contributed by atoms with E-state index in [0.717, 1.165) is 21.6 Å². The van der Waals surface area contributed by atoms with Gasteiger partial charge in [-0.3, -0.25) is 4.79 Å². The van der Waals surface area contributed by atoms with Gasteiger partial charge < -0.3 is 9.64 Å². The summed E-state index contributed by atoms with van der Waals surface area (Å²) >= 11 is 1.43. The third kappa shape index (κ3) is 5.31. The van der Waals surface area contributed by atoms with Gasteiger partial charge in [0.2, 0.25) is 10.0 Å². The highest BCUT2D eigenvalue weighted by Crippen LogP contribution is 2.27. The zero-order valence-corrected chi connectivity index (χ0v) is 20.3. The Labute approximate surface area is 189 Å². The molecule has 0 aliphatic carbocycles. The van der Waals surface area contributed by atoms with E-state index in [0.29, 0.717) is 31.9 Å². The summed E-state index contributed by atoms with van der Waals surface area (Å²) < 4.78 is 34.4. The molecule has 1 N–H and O–H groups in total. The number of nitrogens with zero attached hydrogens (tertiary/aromatic N) is 1. The van der Waals surface area contributed by atoms with Gasteiger partial charge in [0, 0.05) is 24.0 Å². The molecule has 2 aromatic carbocycles. The van der Waals surface area contributed by atoms with Crippen molar-refractivity contribution in [2.24, 2.45) is 0 Å². The van der Waals surface area contributed by atoms with Crippen LogP contribution in [0.5, 0.6) is 0 Å². The number of hydrogen-bond acceptors (Lipinski definition) is 5. The van der Waals surface area contributed by atoms with Gasteiger partial charge in [0.25, 0.3) is 5.91 Å². The van der Waals surface area contributed by atoms with Gasteiger partial charge in [-0.25, -0.2) is 13.1 Å². The zero-order chi connectivity index (χ0) is 22.8. The highest BCUT2D eigenvalue weighted by molar-refractivity contribution is 7.98. The second-order valence-corrected chi connectivity index (χ2v) is 10.5. The van der Waals surface area contributed by atoms with E-state index in [1.807, 2.05) is 40.0 Å². The molecule has 31 heavy (non-hydrogen) atoms. The van der Waals surface area contributed by atoms with Gasteiger partial charge in [-0.05, 0) is 74.4 Å². The van der Waals surface area contributed by atoms with Crippen molar-refractivity contribution < 1.29 is 17.9 Å². The number of nitrogens with one attached hydrogen (secondary N) is 1. The molecule has 6 nitrogen and oxygen atoms in total. The van der Waals surface area contributed by atoms with Gasteiger partial charge in [0.15, 0.2) is 0 Å². The topological polar surface area (TPSA) is 75.7 Å². The van der Waals surface area contributed by atoms with E-state index < -0.39 is 16.1 Å². The van der Waals surface area contributed by atoms with Crippen molar-refractivity contribution in [3.63, 3.8) is 0 Å². The summed E-state index contributed by atoms with van der Waals surface area (Å²) in [6.45, 7) is 9.88. The molecule has 1 aliphatic rings. The Morgan fingerprint density at radius 3 is 2.35 bits per heavy atom. The van der Waals surface area contributed by atoms with E-state index in [1.54, 1.807) is 17.0 Å². The SMILES string of the molecule is CSc1ccc(S(=O)(=O)NC(C)c2cc(C)c(C)cc2C)cc1C(=O)N1CCOCC1. The number of benzene rings is 2. The highest BCUT2D eigenvalue weighted by atomic mass is 32.2. The number of amides is 1. The number of sulfonamides is 1. The second kappa shape index (κ2) is 9.73. The second-order valence-electron chi connectivity index (χ2n) is 7.90. The molecule has 1 heterocycles. The average molecular weight is 463 g/mol. The molecule has 0 spiro atoms. The minimum absolute atomic E-state index is 0.0928. The number of carbonyl (C=O) groups excluding carboxylic acids is 1. The van der Waals surface area contributed by atoms with Gasteiger partial charge in [-0.2, -0.15) is 0 Å². The van der Waals surface area contributed by atoms with E-state index in [4.69, 9.17) is 4.74 Å². The Hall–Kier alpha value is -1.87. The Balaban J connectivity index is 1.90. The molecule has 0 bridgehead atoms. The van der Waals surface area contributed by atoms with Gasteiger partial charge in [0.1, 0.15) is 0 Å². The predicted molar refractivity (Wildman–Crippen MR) is 124 cm³/mol. The summed E-state index contributed by atoms with van der Waals surface area (Å²) in [6, 6.07) is 8.46. The fourth-order valence-electron chi connectivity index (χ4n) is 3.77. The number of hydrogen-bond donors (Lipinski definition) is 1. The van der Waals surface area contributed by atoms with Crippen LogP contribution < -0.4 is 4.72 Å². The number of rotatable bonds is 6. The van der Waals surface area contributed by atoms with Crippen molar-refractivity contribution in [1.29, 1.82) is 0 Å². The lowest BCUT2D eigenvalue weighted by Crippen LogP contribution is -2.41. The smallest absolute Gasteiger partial charge is 0.255 e. The summed E-state index contributed by atoms with van der Waals surface area (Å²) in [5, 5.41) is 0. The maximum Gasteiger partial charge on any atom is 0.255 e. The van der Waals surface area contributed by atoms with Gasteiger partial charge in [-0.15, -0.1) is 11.8 Å². The quantitative estimate of drug-likeness (QED) is 0.660. The number of thioether (sulfide) groups is 1. The fourth-order valence-corrected chi connectivity index (χ4v) is 5.59. The van der Waals surface area contributed by atoms with Crippen LogP contribution in [0.4, 0.5) is 0 Å². The Morgan fingerprint density at radius 2 is 1.71 bits per heavy atom.